The van der Waals surface area contributed by atoms with Gasteiger partial charge < -0.3 is 24.4 Å². The zero-order valence-electron chi connectivity index (χ0n) is 15.3. The quantitative estimate of drug-likeness (QED) is 0.687. The van der Waals surface area contributed by atoms with Gasteiger partial charge in [-0.15, -0.1) is 0 Å². The third-order valence-corrected chi connectivity index (χ3v) is 4.10. The van der Waals surface area contributed by atoms with Crippen LogP contribution in [0.1, 0.15) is 27.4 Å². The molecule has 0 aliphatic heterocycles. The van der Waals surface area contributed by atoms with Crippen molar-refractivity contribution in [3.63, 3.8) is 0 Å². The number of carbonyl (C=O) groups is 1. The summed E-state index contributed by atoms with van der Waals surface area (Å²) in [5, 5.41) is 16.4. The number of anilines is 1. The van der Waals surface area contributed by atoms with Crippen LogP contribution >= 0.6 is 0 Å². The van der Waals surface area contributed by atoms with Crippen LogP contribution in [0.15, 0.2) is 47.0 Å². The second-order valence-electron chi connectivity index (χ2n) is 5.96. The number of aryl methyl sites for hydroxylation is 2. The third-order valence-electron chi connectivity index (χ3n) is 4.10. The molecule has 1 aromatic heterocycles. The fourth-order valence-electron chi connectivity index (χ4n) is 2.56. The van der Waals surface area contributed by atoms with Crippen LogP contribution in [0.4, 0.5) is 5.69 Å². The lowest BCUT2D eigenvalue weighted by Gasteiger charge is -2.10. The molecule has 27 heavy (non-hydrogen) atoms. The number of nitrogens with zero attached hydrogens (tertiary/aromatic N) is 1. The molecule has 1 heterocycles. The molecule has 0 aliphatic rings. The highest BCUT2D eigenvalue weighted by molar-refractivity contribution is 6.04. The van der Waals surface area contributed by atoms with E-state index in [-0.39, 0.29) is 11.7 Å². The standard InChI is InChI=1S/C20H20N2O5/c1-12-17(13(2)27-22-12)11-26-16-6-4-5-14(9-16)20(24)21-15-7-8-19(25-3)18(23)10-15/h4-10,23H,11H2,1-3H3,(H,21,24). The zero-order chi connectivity index (χ0) is 19.4. The van der Waals surface area contributed by atoms with Gasteiger partial charge in [0.2, 0.25) is 0 Å². The summed E-state index contributed by atoms with van der Waals surface area (Å²) < 4.78 is 15.9. The SMILES string of the molecule is COc1ccc(NC(=O)c2cccc(OCc3c(C)noc3C)c2)cc1O. The van der Waals surface area contributed by atoms with Gasteiger partial charge in [0.1, 0.15) is 18.1 Å². The molecule has 140 valence electrons. The number of hydrogen-bond donors (Lipinski definition) is 2. The Bertz CT molecular complexity index is 945. The number of nitrogens with one attached hydrogen (secondary N) is 1. The van der Waals surface area contributed by atoms with E-state index in [2.05, 4.69) is 10.5 Å². The highest BCUT2D eigenvalue weighted by atomic mass is 16.5. The molecule has 7 nitrogen and oxygen atoms in total. The zero-order valence-corrected chi connectivity index (χ0v) is 15.3. The molecule has 0 fully saturated rings. The van der Waals surface area contributed by atoms with E-state index in [1.807, 2.05) is 13.8 Å². The number of phenols is 1. The number of amides is 1. The predicted molar refractivity (Wildman–Crippen MR) is 99.4 cm³/mol. The maximum absolute atomic E-state index is 12.5. The van der Waals surface area contributed by atoms with Gasteiger partial charge in [-0.1, -0.05) is 11.2 Å². The van der Waals surface area contributed by atoms with Crippen molar-refractivity contribution in [2.75, 3.05) is 12.4 Å². The molecule has 3 rings (SSSR count). The Morgan fingerprint density at radius 3 is 2.70 bits per heavy atom. The minimum absolute atomic E-state index is 0.0492. The summed E-state index contributed by atoms with van der Waals surface area (Å²) in [6.45, 7) is 3.98. The minimum atomic E-state index is -0.317. The fraction of sp³-hybridized carbons (Fsp3) is 0.200. The topological polar surface area (TPSA) is 93.8 Å². The van der Waals surface area contributed by atoms with Crippen molar-refractivity contribution in [2.24, 2.45) is 0 Å². The Kier molecular flexibility index (Phi) is 5.30. The molecular weight excluding hydrogens is 348 g/mol. The summed E-state index contributed by atoms with van der Waals surface area (Å²) in [5.41, 5.74) is 2.56. The largest absolute Gasteiger partial charge is 0.504 e. The second kappa shape index (κ2) is 7.82. The Hall–Kier alpha value is -3.48. The van der Waals surface area contributed by atoms with E-state index in [0.717, 1.165) is 11.3 Å². The summed E-state index contributed by atoms with van der Waals surface area (Å²) in [4.78, 5) is 12.5. The van der Waals surface area contributed by atoms with E-state index in [9.17, 15) is 9.90 Å². The molecule has 2 aromatic carbocycles. The number of benzene rings is 2. The Morgan fingerprint density at radius 1 is 1.22 bits per heavy atom. The summed E-state index contributed by atoms with van der Waals surface area (Å²) >= 11 is 0. The second-order valence-corrected chi connectivity index (χ2v) is 5.96. The number of carbonyl (C=O) groups excluding carboxylic acids is 1. The molecule has 0 spiro atoms. The van der Waals surface area contributed by atoms with Crippen molar-refractivity contribution in [1.29, 1.82) is 0 Å². The van der Waals surface area contributed by atoms with Crippen LogP contribution in [0.3, 0.4) is 0 Å². The molecule has 3 aromatic rings. The number of phenolic OH excluding ortho intramolecular Hbond substituents is 1. The molecule has 2 N–H and O–H groups in total. The first-order valence-electron chi connectivity index (χ1n) is 8.31. The molecule has 0 bridgehead atoms. The number of rotatable bonds is 6. The highest BCUT2D eigenvalue weighted by Gasteiger charge is 2.12. The van der Waals surface area contributed by atoms with Crippen LogP contribution in [0.25, 0.3) is 0 Å². The Labute approximate surface area is 156 Å². The molecule has 0 radical (unpaired) electrons. The molecule has 0 unspecified atom stereocenters. The van der Waals surface area contributed by atoms with Crippen molar-refractivity contribution >= 4 is 11.6 Å². The lowest BCUT2D eigenvalue weighted by Crippen LogP contribution is -2.12. The molecule has 0 atom stereocenters. The van der Waals surface area contributed by atoms with E-state index >= 15 is 0 Å². The molecule has 1 amide bonds. The fourth-order valence-corrected chi connectivity index (χ4v) is 2.56. The average Bonchev–Trinajstić information content (AvgIpc) is 2.98. The van der Waals surface area contributed by atoms with E-state index < -0.39 is 0 Å². The maximum Gasteiger partial charge on any atom is 0.255 e. The van der Waals surface area contributed by atoms with Gasteiger partial charge in [0.15, 0.2) is 11.5 Å². The molecule has 0 saturated heterocycles. The number of aromatic nitrogens is 1. The van der Waals surface area contributed by atoms with Crippen LogP contribution < -0.4 is 14.8 Å². The molecular formula is C20H20N2O5. The normalized spacial score (nSPS) is 10.5. The lowest BCUT2D eigenvalue weighted by atomic mass is 10.2. The molecule has 0 aliphatic carbocycles. The lowest BCUT2D eigenvalue weighted by molar-refractivity contribution is 0.102. The van der Waals surface area contributed by atoms with Gasteiger partial charge >= 0.3 is 0 Å². The molecule has 7 heteroatoms. The van der Waals surface area contributed by atoms with Gasteiger partial charge in [-0.25, -0.2) is 0 Å². The average molecular weight is 368 g/mol. The van der Waals surface area contributed by atoms with Gasteiger partial charge in [0.05, 0.1) is 18.4 Å². The van der Waals surface area contributed by atoms with Crippen LogP contribution in [0, 0.1) is 13.8 Å². The van der Waals surface area contributed by atoms with Crippen LogP contribution in [0.2, 0.25) is 0 Å². The smallest absolute Gasteiger partial charge is 0.255 e. The van der Waals surface area contributed by atoms with Gasteiger partial charge in [-0.3, -0.25) is 4.79 Å². The minimum Gasteiger partial charge on any atom is -0.504 e. The van der Waals surface area contributed by atoms with Crippen LogP contribution in [-0.2, 0) is 6.61 Å². The van der Waals surface area contributed by atoms with Crippen LogP contribution in [-0.4, -0.2) is 23.3 Å². The van der Waals surface area contributed by atoms with Crippen molar-refractivity contribution in [1.82, 2.24) is 5.16 Å². The van der Waals surface area contributed by atoms with Crippen molar-refractivity contribution < 1.29 is 23.9 Å². The van der Waals surface area contributed by atoms with Crippen molar-refractivity contribution in [3.05, 3.63) is 65.0 Å². The molecule has 0 saturated carbocycles. The third kappa shape index (κ3) is 4.20. The number of aromatic hydroxyl groups is 1. The van der Waals surface area contributed by atoms with E-state index in [0.29, 0.717) is 35.1 Å². The Morgan fingerprint density at radius 2 is 2.04 bits per heavy atom. The van der Waals surface area contributed by atoms with E-state index in [1.165, 1.54) is 13.2 Å². The first kappa shape index (κ1) is 18.3. The van der Waals surface area contributed by atoms with Crippen molar-refractivity contribution in [3.8, 4) is 17.2 Å². The van der Waals surface area contributed by atoms with E-state index in [1.54, 1.807) is 36.4 Å². The summed E-state index contributed by atoms with van der Waals surface area (Å²) in [6.07, 6.45) is 0. The summed E-state index contributed by atoms with van der Waals surface area (Å²) in [6, 6.07) is 11.5. The summed E-state index contributed by atoms with van der Waals surface area (Å²) in [5.74, 6) is 1.23. The number of hydrogen-bond acceptors (Lipinski definition) is 6. The van der Waals surface area contributed by atoms with Gasteiger partial charge in [0.25, 0.3) is 5.91 Å². The van der Waals surface area contributed by atoms with Gasteiger partial charge in [0, 0.05) is 17.3 Å². The highest BCUT2D eigenvalue weighted by Crippen LogP contribution is 2.29. The van der Waals surface area contributed by atoms with Gasteiger partial charge in [-0.05, 0) is 44.2 Å². The van der Waals surface area contributed by atoms with Crippen molar-refractivity contribution in [2.45, 2.75) is 20.5 Å². The number of ether oxygens (including phenoxy) is 2. The number of methoxy groups -OCH3 is 1. The van der Waals surface area contributed by atoms with Crippen LogP contribution in [0.5, 0.6) is 17.2 Å². The maximum atomic E-state index is 12.5. The van der Waals surface area contributed by atoms with E-state index in [4.69, 9.17) is 14.0 Å². The monoisotopic (exact) mass is 368 g/mol. The first-order chi connectivity index (χ1) is 13.0. The predicted octanol–water partition coefficient (Wildman–Crippen LogP) is 3.84. The first-order valence-corrected chi connectivity index (χ1v) is 8.31. The summed E-state index contributed by atoms with van der Waals surface area (Å²) in [7, 11) is 1.46. The van der Waals surface area contributed by atoms with Gasteiger partial charge in [-0.2, -0.15) is 0 Å². The Balaban J connectivity index is 1.69.